The van der Waals surface area contributed by atoms with E-state index in [0.717, 1.165) is 30.0 Å². The number of nitrogens with one attached hydrogen (secondary N) is 1. The van der Waals surface area contributed by atoms with Crippen LogP contribution in [-0.2, 0) is 4.79 Å². The minimum Gasteiger partial charge on any atom is -0.352 e. The van der Waals surface area contributed by atoms with Crippen molar-refractivity contribution < 1.29 is 9.59 Å². The molecule has 120 valence electrons. The number of carbonyl (C=O) groups is 2. The Morgan fingerprint density at radius 3 is 3.04 bits per heavy atom. The molecule has 1 N–H and O–H groups in total. The highest BCUT2D eigenvalue weighted by Crippen LogP contribution is 2.21. The summed E-state index contributed by atoms with van der Waals surface area (Å²) in [5.74, 6) is 0.116. The SMILES string of the molecule is O=C(NCCCN1CCCC1=O)c1cccc(-c2nncs2)c1. The standard InChI is InChI=1S/C16H18N4O2S/c21-14-6-2-8-20(14)9-3-7-17-15(22)12-4-1-5-13(10-12)16-19-18-11-23-16/h1,4-5,10-11H,2-3,6-9H2,(H,17,22). The van der Waals surface area contributed by atoms with Gasteiger partial charge in [0.05, 0.1) is 0 Å². The van der Waals surface area contributed by atoms with Gasteiger partial charge >= 0.3 is 0 Å². The molecule has 1 aromatic carbocycles. The summed E-state index contributed by atoms with van der Waals surface area (Å²) >= 11 is 1.44. The van der Waals surface area contributed by atoms with Crippen molar-refractivity contribution in [2.75, 3.05) is 19.6 Å². The lowest BCUT2D eigenvalue weighted by Crippen LogP contribution is -2.30. The molecule has 0 spiro atoms. The number of hydrogen-bond acceptors (Lipinski definition) is 5. The highest BCUT2D eigenvalue weighted by atomic mass is 32.1. The average molecular weight is 330 g/mol. The molecule has 7 heteroatoms. The third-order valence-electron chi connectivity index (χ3n) is 3.79. The molecule has 0 aliphatic carbocycles. The first-order valence-corrected chi connectivity index (χ1v) is 8.54. The Bertz CT molecular complexity index is 687. The number of hydrogen-bond donors (Lipinski definition) is 1. The molecular weight excluding hydrogens is 312 g/mol. The molecule has 2 aromatic rings. The van der Waals surface area contributed by atoms with E-state index in [0.29, 0.717) is 25.1 Å². The van der Waals surface area contributed by atoms with E-state index in [1.807, 2.05) is 23.1 Å². The number of amides is 2. The second kappa shape index (κ2) is 7.32. The van der Waals surface area contributed by atoms with E-state index in [4.69, 9.17) is 0 Å². The van der Waals surface area contributed by atoms with E-state index in [1.165, 1.54) is 11.3 Å². The molecule has 1 saturated heterocycles. The third-order valence-corrected chi connectivity index (χ3v) is 4.53. The van der Waals surface area contributed by atoms with Crippen LogP contribution in [0.25, 0.3) is 10.6 Å². The van der Waals surface area contributed by atoms with Gasteiger partial charge in [0.2, 0.25) is 5.91 Å². The van der Waals surface area contributed by atoms with Crippen molar-refractivity contribution in [3.63, 3.8) is 0 Å². The summed E-state index contributed by atoms with van der Waals surface area (Å²) in [6, 6.07) is 7.36. The minimum absolute atomic E-state index is 0.107. The van der Waals surface area contributed by atoms with E-state index in [-0.39, 0.29) is 11.8 Å². The summed E-state index contributed by atoms with van der Waals surface area (Å²) in [6.45, 7) is 2.12. The van der Waals surface area contributed by atoms with Crippen LogP contribution in [0.4, 0.5) is 0 Å². The molecule has 23 heavy (non-hydrogen) atoms. The van der Waals surface area contributed by atoms with Crippen LogP contribution in [0.2, 0.25) is 0 Å². The molecule has 0 radical (unpaired) electrons. The first-order chi connectivity index (χ1) is 11.2. The molecule has 6 nitrogen and oxygen atoms in total. The molecule has 1 aliphatic rings. The van der Waals surface area contributed by atoms with Gasteiger partial charge in [0.1, 0.15) is 10.5 Å². The van der Waals surface area contributed by atoms with Gasteiger partial charge in [0.15, 0.2) is 0 Å². The molecular formula is C16H18N4O2S. The molecule has 0 saturated carbocycles. The molecule has 3 rings (SSSR count). The fourth-order valence-electron chi connectivity index (χ4n) is 2.61. The van der Waals surface area contributed by atoms with Gasteiger partial charge in [-0.2, -0.15) is 0 Å². The Labute approximate surface area is 138 Å². The molecule has 2 amide bonds. The highest BCUT2D eigenvalue weighted by Gasteiger charge is 2.19. The molecule has 0 unspecified atom stereocenters. The van der Waals surface area contributed by atoms with Gasteiger partial charge in [0.25, 0.3) is 5.91 Å². The Balaban J connectivity index is 1.50. The number of carbonyl (C=O) groups excluding carboxylic acids is 2. The van der Waals surface area contributed by atoms with Crippen LogP contribution in [0.3, 0.4) is 0 Å². The Morgan fingerprint density at radius 2 is 2.30 bits per heavy atom. The molecule has 2 heterocycles. The van der Waals surface area contributed by atoms with Crippen molar-refractivity contribution in [3.05, 3.63) is 35.3 Å². The lowest BCUT2D eigenvalue weighted by molar-refractivity contribution is -0.127. The molecule has 0 bridgehead atoms. The zero-order valence-electron chi connectivity index (χ0n) is 12.7. The van der Waals surface area contributed by atoms with Crippen LogP contribution in [0.15, 0.2) is 29.8 Å². The van der Waals surface area contributed by atoms with Crippen molar-refractivity contribution in [2.45, 2.75) is 19.3 Å². The van der Waals surface area contributed by atoms with Gasteiger partial charge < -0.3 is 10.2 Å². The average Bonchev–Trinajstić information content (AvgIpc) is 3.23. The summed E-state index contributed by atoms with van der Waals surface area (Å²) < 4.78 is 0. The Kier molecular flexibility index (Phi) is 4.97. The highest BCUT2D eigenvalue weighted by molar-refractivity contribution is 7.12. The smallest absolute Gasteiger partial charge is 0.251 e. The maximum absolute atomic E-state index is 12.2. The van der Waals surface area contributed by atoms with E-state index >= 15 is 0 Å². The largest absolute Gasteiger partial charge is 0.352 e. The zero-order chi connectivity index (χ0) is 16.1. The van der Waals surface area contributed by atoms with Crippen molar-refractivity contribution in [2.24, 2.45) is 0 Å². The number of likely N-dealkylation sites (tertiary alicyclic amines) is 1. The van der Waals surface area contributed by atoms with Crippen LogP contribution in [-0.4, -0.2) is 46.5 Å². The minimum atomic E-state index is -0.107. The monoisotopic (exact) mass is 330 g/mol. The van der Waals surface area contributed by atoms with E-state index in [9.17, 15) is 9.59 Å². The van der Waals surface area contributed by atoms with E-state index < -0.39 is 0 Å². The van der Waals surface area contributed by atoms with Crippen LogP contribution in [0, 0.1) is 0 Å². The third kappa shape index (κ3) is 3.92. The maximum atomic E-state index is 12.2. The summed E-state index contributed by atoms with van der Waals surface area (Å²) in [4.78, 5) is 25.6. The fourth-order valence-corrected chi connectivity index (χ4v) is 3.16. The number of rotatable bonds is 6. The molecule has 1 aliphatic heterocycles. The molecule has 1 fully saturated rings. The van der Waals surface area contributed by atoms with Gasteiger partial charge in [-0.3, -0.25) is 9.59 Å². The first kappa shape index (κ1) is 15.6. The number of aromatic nitrogens is 2. The lowest BCUT2D eigenvalue weighted by atomic mass is 10.1. The Hall–Kier alpha value is -2.28. The summed E-state index contributed by atoms with van der Waals surface area (Å²) in [7, 11) is 0. The topological polar surface area (TPSA) is 75.2 Å². The van der Waals surface area contributed by atoms with Crippen molar-refractivity contribution >= 4 is 23.2 Å². The first-order valence-electron chi connectivity index (χ1n) is 7.66. The van der Waals surface area contributed by atoms with Crippen LogP contribution in [0.5, 0.6) is 0 Å². The fraction of sp³-hybridized carbons (Fsp3) is 0.375. The van der Waals surface area contributed by atoms with Gasteiger partial charge in [-0.25, -0.2) is 0 Å². The summed E-state index contributed by atoms with van der Waals surface area (Å²) in [5, 5.41) is 11.5. The second-order valence-corrected chi connectivity index (χ2v) is 6.25. The maximum Gasteiger partial charge on any atom is 0.251 e. The molecule has 0 atom stereocenters. The van der Waals surface area contributed by atoms with Crippen LogP contribution < -0.4 is 5.32 Å². The second-order valence-electron chi connectivity index (χ2n) is 5.42. The van der Waals surface area contributed by atoms with Gasteiger partial charge in [-0.05, 0) is 25.0 Å². The van der Waals surface area contributed by atoms with Crippen molar-refractivity contribution in [1.82, 2.24) is 20.4 Å². The van der Waals surface area contributed by atoms with Crippen LogP contribution >= 0.6 is 11.3 Å². The van der Waals surface area contributed by atoms with E-state index in [1.54, 1.807) is 11.6 Å². The quantitative estimate of drug-likeness (QED) is 0.822. The predicted molar refractivity (Wildman–Crippen MR) is 88.1 cm³/mol. The van der Waals surface area contributed by atoms with E-state index in [2.05, 4.69) is 15.5 Å². The zero-order valence-corrected chi connectivity index (χ0v) is 13.5. The number of benzene rings is 1. The van der Waals surface area contributed by atoms with Crippen LogP contribution in [0.1, 0.15) is 29.6 Å². The summed E-state index contributed by atoms with van der Waals surface area (Å²) in [6.07, 6.45) is 2.38. The van der Waals surface area contributed by atoms with Gasteiger partial charge in [-0.1, -0.05) is 23.5 Å². The Morgan fingerprint density at radius 1 is 1.39 bits per heavy atom. The normalized spacial score (nSPS) is 14.3. The predicted octanol–water partition coefficient (Wildman–Crippen LogP) is 1.95. The number of nitrogens with zero attached hydrogens (tertiary/aromatic N) is 3. The van der Waals surface area contributed by atoms with Gasteiger partial charge in [0, 0.05) is 37.2 Å². The lowest BCUT2D eigenvalue weighted by Gasteiger charge is -2.15. The van der Waals surface area contributed by atoms with Gasteiger partial charge in [-0.15, -0.1) is 10.2 Å². The molecule has 1 aromatic heterocycles. The van der Waals surface area contributed by atoms with Crippen molar-refractivity contribution in [1.29, 1.82) is 0 Å². The van der Waals surface area contributed by atoms with Crippen molar-refractivity contribution in [3.8, 4) is 10.6 Å². The summed E-state index contributed by atoms with van der Waals surface area (Å²) in [5.41, 5.74) is 3.17.